The molecule has 0 fully saturated rings. The third kappa shape index (κ3) is 4.16. The third-order valence-electron chi connectivity index (χ3n) is 5.00. The van der Waals surface area contributed by atoms with Crippen LogP contribution >= 0.6 is 34.5 Å². The SMILES string of the molecule is Cc1c(-c2nc(C(C)C)no2)nn(-c2ccc(Cl)cc2Cl)c1-c1ccc(C(C)(C)C)s1. The second kappa shape index (κ2) is 8.08. The van der Waals surface area contributed by atoms with Gasteiger partial charge in [0, 0.05) is 21.4 Å². The molecule has 0 saturated heterocycles. The molecule has 0 aliphatic heterocycles. The maximum absolute atomic E-state index is 6.56. The van der Waals surface area contributed by atoms with Gasteiger partial charge in [-0.15, -0.1) is 11.3 Å². The van der Waals surface area contributed by atoms with Crippen molar-refractivity contribution >= 4 is 34.5 Å². The molecule has 1 aromatic carbocycles. The van der Waals surface area contributed by atoms with Gasteiger partial charge in [0.1, 0.15) is 0 Å². The van der Waals surface area contributed by atoms with E-state index in [9.17, 15) is 0 Å². The molecule has 0 unspecified atom stereocenters. The Morgan fingerprint density at radius 3 is 2.42 bits per heavy atom. The van der Waals surface area contributed by atoms with Crippen LogP contribution in [0, 0.1) is 6.92 Å². The fourth-order valence-electron chi connectivity index (χ4n) is 3.25. The van der Waals surface area contributed by atoms with E-state index in [2.05, 4.69) is 43.0 Å². The maximum atomic E-state index is 6.56. The number of rotatable bonds is 4. The van der Waals surface area contributed by atoms with Crippen LogP contribution in [0.15, 0.2) is 34.9 Å². The van der Waals surface area contributed by atoms with Crippen molar-refractivity contribution in [1.82, 2.24) is 19.9 Å². The Labute approximate surface area is 196 Å². The van der Waals surface area contributed by atoms with Crippen molar-refractivity contribution in [3.8, 4) is 27.8 Å². The molecule has 31 heavy (non-hydrogen) atoms. The van der Waals surface area contributed by atoms with Crippen molar-refractivity contribution < 1.29 is 4.52 Å². The van der Waals surface area contributed by atoms with Crippen molar-refractivity contribution in [1.29, 1.82) is 0 Å². The topological polar surface area (TPSA) is 56.7 Å². The molecular formula is C23H24Cl2N4OS. The second-order valence-electron chi connectivity index (χ2n) is 8.86. The summed E-state index contributed by atoms with van der Waals surface area (Å²) in [6.45, 7) is 12.7. The standard InChI is InChI=1S/C23H24Cl2N4OS/c1-12(2)21-26-22(30-28-21)19-13(3)20(17-9-10-18(31-17)23(4,5)6)29(27-19)16-8-7-14(24)11-15(16)25/h7-12H,1-6H3. The number of nitrogens with zero attached hydrogens (tertiary/aromatic N) is 4. The normalized spacial score (nSPS) is 12.2. The van der Waals surface area contributed by atoms with Gasteiger partial charge in [-0.05, 0) is 42.7 Å². The van der Waals surface area contributed by atoms with E-state index in [0.29, 0.717) is 27.5 Å². The molecular weight excluding hydrogens is 451 g/mol. The Hall–Kier alpha value is -2.15. The lowest BCUT2D eigenvalue weighted by molar-refractivity contribution is 0.417. The minimum atomic E-state index is 0.0566. The third-order valence-corrected chi connectivity index (χ3v) is 7.05. The molecule has 3 aromatic heterocycles. The number of aromatic nitrogens is 4. The maximum Gasteiger partial charge on any atom is 0.278 e. The minimum Gasteiger partial charge on any atom is -0.332 e. The highest BCUT2D eigenvalue weighted by Crippen LogP contribution is 2.41. The van der Waals surface area contributed by atoms with E-state index in [1.807, 2.05) is 37.6 Å². The molecule has 4 aromatic rings. The minimum absolute atomic E-state index is 0.0566. The molecule has 4 rings (SSSR count). The first-order valence-electron chi connectivity index (χ1n) is 10.1. The molecule has 0 radical (unpaired) electrons. The van der Waals surface area contributed by atoms with Gasteiger partial charge >= 0.3 is 0 Å². The van der Waals surface area contributed by atoms with E-state index in [0.717, 1.165) is 21.8 Å². The molecule has 0 spiro atoms. The zero-order valence-electron chi connectivity index (χ0n) is 18.3. The Balaban J connectivity index is 1.95. The predicted octanol–water partition coefficient (Wildman–Crippen LogP) is 7.69. The highest BCUT2D eigenvalue weighted by molar-refractivity contribution is 7.15. The summed E-state index contributed by atoms with van der Waals surface area (Å²) >= 11 is 14.4. The summed E-state index contributed by atoms with van der Waals surface area (Å²) in [5.41, 5.74) is 3.34. The van der Waals surface area contributed by atoms with Crippen molar-refractivity contribution in [2.75, 3.05) is 0 Å². The zero-order valence-corrected chi connectivity index (χ0v) is 20.7. The van der Waals surface area contributed by atoms with Crippen LogP contribution in [0.5, 0.6) is 0 Å². The number of hydrogen-bond acceptors (Lipinski definition) is 5. The van der Waals surface area contributed by atoms with Crippen molar-refractivity contribution in [3.05, 3.63) is 56.6 Å². The van der Waals surface area contributed by atoms with Crippen LogP contribution in [0.4, 0.5) is 0 Å². The van der Waals surface area contributed by atoms with Gasteiger partial charge in [-0.3, -0.25) is 0 Å². The molecule has 8 heteroatoms. The Morgan fingerprint density at radius 2 is 1.84 bits per heavy atom. The van der Waals surface area contributed by atoms with Crippen molar-refractivity contribution in [2.24, 2.45) is 0 Å². The monoisotopic (exact) mass is 474 g/mol. The van der Waals surface area contributed by atoms with Crippen LogP contribution < -0.4 is 0 Å². The van der Waals surface area contributed by atoms with E-state index < -0.39 is 0 Å². The fraction of sp³-hybridized carbons (Fsp3) is 0.348. The summed E-state index contributed by atoms with van der Waals surface area (Å²) in [6, 6.07) is 9.70. The van der Waals surface area contributed by atoms with Crippen molar-refractivity contribution in [2.45, 2.75) is 52.9 Å². The number of benzene rings is 1. The molecule has 162 valence electrons. The molecule has 0 bridgehead atoms. The van der Waals surface area contributed by atoms with Gasteiger partial charge in [0.05, 0.1) is 21.3 Å². The average Bonchev–Trinajstić information content (AvgIpc) is 3.39. The summed E-state index contributed by atoms with van der Waals surface area (Å²) in [5.74, 6) is 1.22. The molecule has 0 aliphatic carbocycles. The average molecular weight is 475 g/mol. The Bertz CT molecular complexity index is 1250. The van der Waals surface area contributed by atoms with Crippen LogP contribution in [0.2, 0.25) is 10.0 Å². The van der Waals surface area contributed by atoms with E-state index >= 15 is 0 Å². The van der Waals surface area contributed by atoms with Gasteiger partial charge in [-0.2, -0.15) is 10.1 Å². The Morgan fingerprint density at radius 1 is 1.10 bits per heavy atom. The van der Waals surface area contributed by atoms with Crippen LogP contribution in [-0.2, 0) is 5.41 Å². The van der Waals surface area contributed by atoms with E-state index in [4.69, 9.17) is 32.8 Å². The largest absolute Gasteiger partial charge is 0.332 e. The molecule has 0 aliphatic rings. The lowest BCUT2D eigenvalue weighted by Gasteiger charge is -2.15. The summed E-state index contributed by atoms with van der Waals surface area (Å²) < 4.78 is 7.40. The summed E-state index contributed by atoms with van der Waals surface area (Å²) in [7, 11) is 0. The van der Waals surface area contributed by atoms with E-state index in [-0.39, 0.29) is 11.3 Å². The number of hydrogen-bond donors (Lipinski definition) is 0. The summed E-state index contributed by atoms with van der Waals surface area (Å²) in [5, 5.41) is 10.1. The first kappa shape index (κ1) is 22.1. The fourth-order valence-corrected chi connectivity index (χ4v) is 4.89. The summed E-state index contributed by atoms with van der Waals surface area (Å²) in [6.07, 6.45) is 0. The first-order chi connectivity index (χ1) is 14.6. The van der Waals surface area contributed by atoms with Gasteiger partial charge in [0.15, 0.2) is 11.5 Å². The van der Waals surface area contributed by atoms with Gasteiger partial charge < -0.3 is 4.52 Å². The lowest BCUT2D eigenvalue weighted by Crippen LogP contribution is -2.07. The van der Waals surface area contributed by atoms with Crippen LogP contribution in [0.1, 0.15) is 56.8 Å². The second-order valence-corrected chi connectivity index (χ2v) is 10.8. The van der Waals surface area contributed by atoms with Crippen LogP contribution in [-0.4, -0.2) is 19.9 Å². The molecule has 3 heterocycles. The number of thiophene rings is 1. The number of halogens is 2. The summed E-state index contributed by atoms with van der Waals surface area (Å²) in [4.78, 5) is 6.94. The molecule has 0 amide bonds. The van der Waals surface area contributed by atoms with Crippen LogP contribution in [0.25, 0.3) is 27.8 Å². The quantitative estimate of drug-likeness (QED) is 0.304. The molecule has 0 N–H and O–H groups in total. The smallest absolute Gasteiger partial charge is 0.278 e. The van der Waals surface area contributed by atoms with Crippen LogP contribution in [0.3, 0.4) is 0 Å². The Kier molecular flexibility index (Phi) is 5.75. The lowest BCUT2D eigenvalue weighted by atomic mass is 9.95. The van der Waals surface area contributed by atoms with Gasteiger partial charge in [-0.1, -0.05) is 63.0 Å². The predicted molar refractivity (Wildman–Crippen MR) is 128 cm³/mol. The zero-order chi connectivity index (χ0) is 22.5. The highest BCUT2D eigenvalue weighted by atomic mass is 35.5. The molecule has 0 atom stereocenters. The highest BCUT2D eigenvalue weighted by Gasteiger charge is 2.26. The van der Waals surface area contributed by atoms with Gasteiger partial charge in [-0.25, -0.2) is 4.68 Å². The first-order valence-corrected chi connectivity index (χ1v) is 11.6. The molecule has 0 saturated carbocycles. The molecule has 5 nitrogen and oxygen atoms in total. The van der Waals surface area contributed by atoms with E-state index in [1.165, 1.54) is 4.88 Å². The van der Waals surface area contributed by atoms with Crippen molar-refractivity contribution in [3.63, 3.8) is 0 Å². The van der Waals surface area contributed by atoms with E-state index in [1.54, 1.807) is 17.4 Å². The van der Waals surface area contributed by atoms with Gasteiger partial charge in [0.2, 0.25) is 0 Å². The van der Waals surface area contributed by atoms with Gasteiger partial charge in [0.25, 0.3) is 5.89 Å².